The second-order valence-corrected chi connectivity index (χ2v) is 8.37. The predicted molar refractivity (Wildman–Crippen MR) is 127 cm³/mol. The van der Waals surface area contributed by atoms with Gasteiger partial charge in [0.05, 0.1) is 0 Å². The summed E-state index contributed by atoms with van der Waals surface area (Å²) in [7, 11) is 0. The Balaban J connectivity index is 1.57. The van der Waals surface area contributed by atoms with Crippen LogP contribution in [0, 0.1) is 0 Å². The molecule has 4 aromatic rings. The highest BCUT2D eigenvalue weighted by Gasteiger charge is 2.17. The number of hydrogen-bond acceptors (Lipinski definition) is 6. The van der Waals surface area contributed by atoms with Crippen LogP contribution in [-0.4, -0.2) is 20.4 Å². The van der Waals surface area contributed by atoms with Gasteiger partial charge in [-0.05, 0) is 90.9 Å². The predicted octanol–water partition coefficient (Wildman–Crippen LogP) is 5.98. The van der Waals surface area contributed by atoms with Crippen LogP contribution in [0.3, 0.4) is 0 Å². The lowest BCUT2D eigenvalue weighted by Gasteiger charge is -2.16. The third-order valence-corrected chi connectivity index (χ3v) is 5.97. The number of aromatic hydroxyl groups is 4. The lowest BCUT2D eigenvalue weighted by atomic mass is 10.0. The van der Waals surface area contributed by atoms with E-state index < -0.39 is 0 Å². The minimum Gasteiger partial charge on any atom is -0.508 e. The Morgan fingerprint density at radius 2 is 1.26 bits per heavy atom. The third kappa shape index (κ3) is 4.43. The maximum atomic E-state index is 10.5. The zero-order valence-corrected chi connectivity index (χ0v) is 18.4. The largest absolute Gasteiger partial charge is 0.508 e. The van der Waals surface area contributed by atoms with Crippen LogP contribution in [0.4, 0.5) is 0 Å². The van der Waals surface area contributed by atoms with Gasteiger partial charge in [-0.3, -0.25) is 0 Å². The summed E-state index contributed by atoms with van der Waals surface area (Å²) in [5.74, 6) is 0.987. The Hall–Kier alpha value is -4.32. The normalized spacial score (nSPS) is 13.2. The molecule has 6 nitrogen and oxygen atoms in total. The van der Waals surface area contributed by atoms with Gasteiger partial charge in [0, 0.05) is 5.56 Å². The average molecular weight is 456 g/mol. The van der Waals surface area contributed by atoms with Crippen LogP contribution in [-0.2, 0) is 25.7 Å². The summed E-state index contributed by atoms with van der Waals surface area (Å²) in [6.07, 6.45) is 2.28. The molecule has 2 aliphatic rings. The van der Waals surface area contributed by atoms with Crippen molar-refractivity contribution in [1.82, 2.24) is 0 Å². The minimum atomic E-state index is -0.301. The number of fused-ring (bicyclic) bond motifs is 4. The van der Waals surface area contributed by atoms with Crippen molar-refractivity contribution < 1.29 is 29.9 Å². The molecule has 4 N–H and O–H groups in total. The van der Waals surface area contributed by atoms with Gasteiger partial charge in [0.15, 0.2) is 23.0 Å². The highest BCUT2D eigenvalue weighted by molar-refractivity contribution is 5.55. The lowest BCUT2D eigenvalue weighted by molar-refractivity contribution is 0.372. The minimum absolute atomic E-state index is 0.0385. The first-order chi connectivity index (χ1) is 16.5. The van der Waals surface area contributed by atoms with Crippen LogP contribution in [0.2, 0.25) is 0 Å². The maximum Gasteiger partial charge on any atom is 0.201 e. The van der Waals surface area contributed by atoms with Gasteiger partial charge in [0.25, 0.3) is 0 Å². The van der Waals surface area contributed by atoms with Gasteiger partial charge >= 0.3 is 0 Å². The summed E-state index contributed by atoms with van der Waals surface area (Å²) >= 11 is 0. The molecular weight excluding hydrogens is 432 g/mol. The van der Waals surface area contributed by atoms with Gasteiger partial charge in [0.1, 0.15) is 17.2 Å². The topological polar surface area (TPSA) is 99.4 Å². The molecular formula is C28H24O6. The Morgan fingerprint density at radius 1 is 0.529 bits per heavy atom. The molecule has 6 bridgehead atoms. The van der Waals surface area contributed by atoms with E-state index in [0.29, 0.717) is 42.7 Å². The van der Waals surface area contributed by atoms with Crippen molar-refractivity contribution >= 4 is 0 Å². The van der Waals surface area contributed by atoms with E-state index in [1.807, 2.05) is 30.3 Å². The van der Waals surface area contributed by atoms with E-state index in [1.165, 1.54) is 18.2 Å². The SMILES string of the molecule is Oc1cc2cc(c1O)Oc1ccc(cc1)CCc1c(O)ccc(O)c1Oc1cccc(c1)CC2. The molecule has 6 heteroatoms. The third-order valence-electron chi connectivity index (χ3n) is 5.97. The molecule has 2 heterocycles. The lowest BCUT2D eigenvalue weighted by Crippen LogP contribution is -1.98. The van der Waals surface area contributed by atoms with Crippen molar-refractivity contribution in [3.05, 3.63) is 95.1 Å². The van der Waals surface area contributed by atoms with Gasteiger partial charge < -0.3 is 29.9 Å². The Bertz CT molecular complexity index is 1340. The average Bonchev–Trinajstić information content (AvgIpc) is 2.83. The second kappa shape index (κ2) is 8.90. The molecule has 0 saturated carbocycles. The van der Waals surface area contributed by atoms with Crippen molar-refractivity contribution in [2.24, 2.45) is 0 Å². The molecule has 172 valence electrons. The van der Waals surface area contributed by atoms with Crippen molar-refractivity contribution in [2.45, 2.75) is 25.7 Å². The van der Waals surface area contributed by atoms with E-state index in [1.54, 1.807) is 24.3 Å². The van der Waals surface area contributed by atoms with E-state index in [9.17, 15) is 20.4 Å². The number of ether oxygens (including phenoxy) is 2. The molecule has 4 aromatic carbocycles. The summed E-state index contributed by atoms with van der Waals surface area (Å²) in [5.41, 5.74) is 3.32. The highest BCUT2D eigenvalue weighted by Crippen LogP contribution is 2.41. The summed E-state index contributed by atoms with van der Waals surface area (Å²) in [6.45, 7) is 0. The Morgan fingerprint density at radius 3 is 2.09 bits per heavy atom. The van der Waals surface area contributed by atoms with Crippen LogP contribution in [0.15, 0.2) is 72.8 Å². The molecule has 0 amide bonds. The monoisotopic (exact) mass is 456 g/mol. The molecule has 2 aliphatic heterocycles. The van der Waals surface area contributed by atoms with E-state index in [-0.39, 0.29) is 34.5 Å². The number of rotatable bonds is 0. The number of hydrogen-bond donors (Lipinski definition) is 4. The molecule has 0 radical (unpaired) electrons. The first-order valence-corrected chi connectivity index (χ1v) is 11.1. The van der Waals surface area contributed by atoms with Crippen LogP contribution < -0.4 is 9.47 Å². The quantitative estimate of drug-likeness (QED) is 0.192. The zero-order valence-electron chi connectivity index (χ0n) is 18.4. The standard InChI is InChI=1S/C28H24O6/c29-23-12-13-24(30)28-22(23)11-8-17-6-9-20(10-7-17)33-26-16-19(15-25(31)27(26)32)5-4-18-2-1-3-21(14-18)34-28/h1-3,6-7,9-10,12-16,29-32H,4-5,8,11H2. The number of phenols is 4. The van der Waals surface area contributed by atoms with Crippen molar-refractivity contribution in [3.63, 3.8) is 0 Å². The van der Waals surface area contributed by atoms with Crippen LogP contribution >= 0.6 is 0 Å². The first kappa shape index (κ1) is 21.5. The second-order valence-electron chi connectivity index (χ2n) is 8.37. The summed E-state index contributed by atoms with van der Waals surface area (Å²) in [6, 6.07) is 21.0. The molecule has 0 unspecified atom stereocenters. The fourth-order valence-electron chi connectivity index (χ4n) is 4.12. The zero-order chi connectivity index (χ0) is 23.7. The maximum absolute atomic E-state index is 10.5. The van der Waals surface area contributed by atoms with Crippen LogP contribution in [0.25, 0.3) is 0 Å². The molecule has 0 atom stereocenters. The fourth-order valence-corrected chi connectivity index (χ4v) is 4.12. The number of aryl methyl sites for hydroxylation is 3. The number of phenolic OH excluding ortho intramolecular Hbond substituents is 4. The molecule has 0 aromatic heterocycles. The summed E-state index contributed by atoms with van der Waals surface area (Å²) in [4.78, 5) is 0. The molecule has 0 aliphatic carbocycles. The van der Waals surface area contributed by atoms with Crippen molar-refractivity contribution in [1.29, 1.82) is 0 Å². The molecule has 34 heavy (non-hydrogen) atoms. The van der Waals surface area contributed by atoms with Gasteiger partial charge in [-0.1, -0.05) is 24.3 Å². The van der Waals surface area contributed by atoms with E-state index in [4.69, 9.17) is 9.47 Å². The molecule has 6 rings (SSSR count). The smallest absolute Gasteiger partial charge is 0.201 e. The Labute approximate surface area is 196 Å². The van der Waals surface area contributed by atoms with E-state index in [0.717, 1.165) is 16.7 Å². The highest BCUT2D eigenvalue weighted by atomic mass is 16.5. The van der Waals surface area contributed by atoms with Gasteiger partial charge in [0.2, 0.25) is 5.75 Å². The van der Waals surface area contributed by atoms with Crippen LogP contribution in [0.1, 0.15) is 22.3 Å². The van der Waals surface area contributed by atoms with Crippen molar-refractivity contribution in [2.75, 3.05) is 0 Å². The molecule has 0 saturated heterocycles. The fraction of sp³-hybridized carbons (Fsp3) is 0.143. The van der Waals surface area contributed by atoms with Gasteiger partial charge in [-0.2, -0.15) is 0 Å². The molecule has 0 spiro atoms. The van der Waals surface area contributed by atoms with E-state index in [2.05, 4.69) is 0 Å². The van der Waals surface area contributed by atoms with Gasteiger partial charge in [-0.15, -0.1) is 0 Å². The number of benzene rings is 4. The summed E-state index contributed by atoms with van der Waals surface area (Å²) < 4.78 is 11.9. The van der Waals surface area contributed by atoms with Crippen LogP contribution in [0.5, 0.6) is 46.0 Å². The Kier molecular flexibility index (Phi) is 5.64. The summed E-state index contributed by atoms with van der Waals surface area (Å²) in [5, 5.41) is 41.5. The van der Waals surface area contributed by atoms with Crippen molar-refractivity contribution in [3.8, 4) is 46.0 Å². The van der Waals surface area contributed by atoms with Gasteiger partial charge in [-0.25, -0.2) is 0 Å². The van der Waals surface area contributed by atoms with E-state index >= 15 is 0 Å². The molecule has 0 fully saturated rings. The first-order valence-electron chi connectivity index (χ1n) is 11.1.